The third kappa shape index (κ3) is 3.67. The number of hydrogen-bond acceptors (Lipinski definition) is 3. The molecule has 2 N–H and O–H groups in total. The van der Waals surface area contributed by atoms with Crippen LogP contribution in [-0.2, 0) is 4.79 Å². The molecule has 0 bridgehead atoms. The number of aromatic nitrogens is 1. The molecule has 0 aliphatic heterocycles. The average molecular weight is 322 g/mol. The average Bonchev–Trinajstić information content (AvgIpc) is 2.35. The summed E-state index contributed by atoms with van der Waals surface area (Å²) in [4.78, 5) is 16.0. The van der Waals surface area contributed by atoms with Crippen molar-refractivity contribution in [1.29, 1.82) is 0 Å². The first-order chi connectivity index (χ1) is 9.06. The summed E-state index contributed by atoms with van der Waals surface area (Å²) in [5.41, 5.74) is 1.73. The van der Waals surface area contributed by atoms with Crippen LogP contribution in [0.15, 0.2) is 34.9 Å². The number of amides is 1. The molecule has 0 spiro atoms. The quantitative estimate of drug-likeness (QED) is 0.910. The number of para-hydroxylation sites is 1. The van der Waals surface area contributed by atoms with Gasteiger partial charge >= 0.3 is 0 Å². The minimum absolute atomic E-state index is 0.0240. The van der Waals surface area contributed by atoms with Gasteiger partial charge in [0.15, 0.2) is 0 Å². The second-order valence-corrected chi connectivity index (χ2v) is 5.52. The summed E-state index contributed by atoms with van der Waals surface area (Å²) in [6, 6.07) is 8.01. The fraction of sp³-hybridized carbons (Fsp3) is 0.286. The van der Waals surface area contributed by atoms with Gasteiger partial charge in [-0.05, 0) is 41.9 Å². The Morgan fingerprint density at radius 3 is 2.95 bits per heavy atom. The normalized spacial score (nSPS) is 10.7. The van der Waals surface area contributed by atoms with E-state index in [2.05, 4.69) is 31.5 Å². The number of halogens is 1. The zero-order chi connectivity index (χ0) is 13.8. The van der Waals surface area contributed by atoms with E-state index >= 15 is 0 Å². The van der Waals surface area contributed by atoms with Crippen LogP contribution in [0.1, 0.15) is 13.8 Å². The molecule has 2 aromatic rings. The predicted octanol–water partition coefficient (Wildman–Crippen LogP) is 2.93. The van der Waals surface area contributed by atoms with Crippen molar-refractivity contribution in [3.63, 3.8) is 0 Å². The number of hydrogen-bond donors (Lipinski definition) is 2. The number of rotatable bonds is 4. The van der Waals surface area contributed by atoms with Crippen molar-refractivity contribution in [2.24, 2.45) is 0 Å². The van der Waals surface area contributed by atoms with E-state index in [9.17, 15) is 4.79 Å². The Bertz CT molecular complexity index is 598. The van der Waals surface area contributed by atoms with Crippen molar-refractivity contribution in [3.05, 3.63) is 34.9 Å². The van der Waals surface area contributed by atoms with Gasteiger partial charge < -0.3 is 10.6 Å². The fourth-order valence-corrected chi connectivity index (χ4v) is 2.17. The molecule has 0 radical (unpaired) electrons. The van der Waals surface area contributed by atoms with Crippen LogP contribution < -0.4 is 10.6 Å². The Kier molecular flexibility index (Phi) is 4.37. The molecule has 0 saturated heterocycles. The minimum Gasteiger partial charge on any atom is -0.374 e. The van der Waals surface area contributed by atoms with Crippen LogP contribution in [-0.4, -0.2) is 23.5 Å². The molecule has 5 heteroatoms. The van der Waals surface area contributed by atoms with Gasteiger partial charge in [0.25, 0.3) is 0 Å². The second kappa shape index (κ2) is 6.02. The maximum atomic E-state index is 11.6. The highest BCUT2D eigenvalue weighted by molar-refractivity contribution is 9.10. The van der Waals surface area contributed by atoms with Crippen molar-refractivity contribution < 1.29 is 4.79 Å². The van der Waals surface area contributed by atoms with E-state index in [1.54, 1.807) is 6.20 Å². The summed E-state index contributed by atoms with van der Waals surface area (Å²) in [7, 11) is 0. The summed E-state index contributed by atoms with van der Waals surface area (Å²) in [6.07, 6.45) is 1.75. The Hall–Kier alpha value is -1.62. The molecular weight excluding hydrogens is 306 g/mol. The van der Waals surface area contributed by atoms with Crippen LogP contribution >= 0.6 is 15.9 Å². The highest BCUT2D eigenvalue weighted by Crippen LogP contribution is 2.23. The summed E-state index contributed by atoms with van der Waals surface area (Å²) < 4.78 is 0.940. The molecule has 0 atom stereocenters. The number of nitrogens with one attached hydrogen (secondary N) is 2. The highest BCUT2D eigenvalue weighted by Gasteiger charge is 2.06. The maximum Gasteiger partial charge on any atom is 0.239 e. The molecule has 0 aliphatic rings. The number of fused-ring (bicyclic) bond motifs is 1. The van der Waals surface area contributed by atoms with Crippen LogP contribution in [0, 0.1) is 0 Å². The lowest BCUT2D eigenvalue weighted by Crippen LogP contribution is -2.34. The smallest absolute Gasteiger partial charge is 0.239 e. The summed E-state index contributed by atoms with van der Waals surface area (Å²) in [6.45, 7) is 4.12. The molecule has 1 aromatic carbocycles. The molecule has 19 heavy (non-hydrogen) atoms. The van der Waals surface area contributed by atoms with Crippen LogP contribution in [0.5, 0.6) is 0 Å². The number of nitrogens with zero attached hydrogens (tertiary/aromatic N) is 1. The molecule has 1 amide bonds. The van der Waals surface area contributed by atoms with Gasteiger partial charge in [0.05, 0.1) is 17.7 Å². The molecule has 0 saturated carbocycles. The first kappa shape index (κ1) is 13.8. The largest absolute Gasteiger partial charge is 0.374 e. The van der Waals surface area contributed by atoms with E-state index < -0.39 is 0 Å². The van der Waals surface area contributed by atoms with Gasteiger partial charge in [-0.15, -0.1) is 0 Å². The number of carbonyl (C=O) groups is 1. The number of anilines is 1. The van der Waals surface area contributed by atoms with E-state index in [-0.39, 0.29) is 18.5 Å². The van der Waals surface area contributed by atoms with Crippen molar-refractivity contribution in [2.75, 3.05) is 11.9 Å². The van der Waals surface area contributed by atoms with Crippen LogP contribution in [0.2, 0.25) is 0 Å². The van der Waals surface area contributed by atoms with E-state index in [1.165, 1.54) is 0 Å². The van der Waals surface area contributed by atoms with Gasteiger partial charge in [0, 0.05) is 22.1 Å². The molecule has 0 fully saturated rings. The van der Waals surface area contributed by atoms with Gasteiger partial charge in [-0.2, -0.15) is 0 Å². The Labute approximate surface area is 120 Å². The molecule has 1 aromatic heterocycles. The van der Waals surface area contributed by atoms with E-state index in [0.717, 1.165) is 21.1 Å². The lowest BCUT2D eigenvalue weighted by molar-refractivity contribution is -0.119. The third-order valence-corrected chi connectivity index (χ3v) is 3.00. The van der Waals surface area contributed by atoms with Gasteiger partial charge in [-0.1, -0.05) is 12.1 Å². The third-order valence-electron chi connectivity index (χ3n) is 2.57. The highest BCUT2D eigenvalue weighted by atomic mass is 79.9. The van der Waals surface area contributed by atoms with Crippen LogP contribution in [0.25, 0.3) is 10.9 Å². The summed E-state index contributed by atoms with van der Waals surface area (Å²) >= 11 is 3.40. The van der Waals surface area contributed by atoms with Crippen molar-refractivity contribution >= 4 is 38.4 Å². The predicted molar refractivity (Wildman–Crippen MR) is 81.2 cm³/mol. The molecule has 4 nitrogen and oxygen atoms in total. The van der Waals surface area contributed by atoms with Crippen molar-refractivity contribution in [2.45, 2.75) is 19.9 Å². The zero-order valence-corrected chi connectivity index (χ0v) is 12.5. The standard InChI is InChI=1S/C14H16BrN3O/c1-9(2)18-13(19)8-16-12-5-3-4-10-6-11(15)7-17-14(10)12/h3-7,9,16H,8H2,1-2H3,(H,18,19). The zero-order valence-electron chi connectivity index (χ0n) is 10.9. The molecule has 2 rings (SSSR count). The topological polar surface area (TPSA) is 54.0 Å². The van der Waals surface area contributed by atoms with E-state index in [4.69, 9.17) is 0 Å². The van der Waals surface area contributed by atoms with E-state index in [1.807, 2.05) is 38.1 Å². The molecule has 0 unspecified atom stereocenters. The fourth-order valence-electron chi connectivity index (χ4n) is 1.83. The van der Waals surface area contributed by atoms with Gasteiger partial charge in [-0.25, -0.2) is 0 Å². The van der Waals surface area contributed by atoms with Crippen LogP contribution in [0.4, 0.5) is 5.69 Å². The van der Waals surface area contributed by atoms with Gasteiger partial charge in [0.2, 0.25) is 5.91 Å². The first-order valence-electron chi connectivity index (χ1n) is 6.14. The minimum atomic E-state index is -0.0240. The number of carbonyl (C=O) groups excluding carboxylic acids is 1. The first-order valence-corrected chi connectivity index (χ1v) is 6.93. The van der Waals surface area contributed by atoms with Crippen LogP contribution in [0.3, 0.4) is 0 Å². The maximum absolute atomic E-state index is 11.6. The van der Waals surface area contributed by atoms with Gasteiger partial charge in [0.1, 0.15) is 0 Å². The molecule has 1 heterocycles. The summed E-state index contributed by atoms with van der Waals surface area (Å²) in [5.74, 6) is -0.0240. The number of benzene rings is 1. The monoisotopic (exact) mass is 321 g/mol. The lowest BCUT2D eigenvalue weighted by atomic mass is 10.2. The Morgan fingerprint density at radius 2 is 2.21 bits per heavy atom. The lowest BCUT2D eigenvalue weighted by Gasteiger charge is -2.11. The molecule has 0 aliphatic carbocycles. The van der Waals surface area contributed by atoms with Crippen molar-refractivity contribution in [1.82, 2.24) is 10.3 Å². The molecule has 100 valence electrons. The Balaban J connectivity index is 2.15. The SMILES string of the molecule is CC(C)NC(=O)CNc1cccc2cc(Br)cnc12. The van der Waals surface area contributed by atoms with E-state index in [0.29, 0.717) is 0 Å². The Morgan fingerprint density at radius 1 is 1.42 bits per heavy atom. The van der Waals surface area contributed by atoms with Gasteiger partial charge in [-0.3, -0.25) is 9.78 Å². The second-order valence-electron chi connectivity index (χ2n) is 4.61. The number of pyridine rings is 1. The summed E-state index contributed by atoms with van der Waals surface area (Å²) in [5, 5.41) is 6.99. The molecular formula is C14H16BrN3O. The van der Waals surface area contributed by atoms with Crippen molar-refractivity contribution in [3.8, 4) is 0 Å².